The van der Waals surface area contributed by atoms with E-state index in [2.05, 4.69) is 15.3 Å². The Morgan fingerprint density at radius 2 is 1.55 bits per heavy atom. The zero-order chi connectivity index (χ0) is 28.0. The molecule has 40 heavy (non-hydrogen) atoms. The van der Waals surface area contributed by atoms with Crippen LogP contribution in [-0.4, -0.2) is 17.7 Å². The number of carbonyl (C=O) groups excluding carboxylic acids is 2. The van der Waals surface area contributed by atoms with Gasteiger partial charge in [0.25, 0.3) is 5.91 Å². The lowest BCUT2D eigenvalue weighted by Gasteiger charge is -2.18. The summed E-state index contributed by atoms with van der Waals surface area (Å²) in [7, 11) is 0. The minimum Gasteiger partial charge on any atom is -0.380 e. The average molecular weight is 540 g/mol. The van der Waals surface area contributed by atoms with Crippen molar-refractivity contribution in [1.82, 2.24) is 5.32 Å². The number of nitrogens with zero attached hydrogens (tertiary/aromatic N) is 1. The fourth-order valence-corrected chi connectivity index (χ4v) is 5.12. The van der Waals surface area contributed by atoms with Crippen LogP contribution >= 0.6 is 0 Å². The van der Waals surface area contributed by atoms with Gasteiger partial charge in [0.05, 0.1) is 0 Å². The summed E-state index contributed by atoms with van der Waals surface area (Å²) in [6.07, 6.45) is -0.632. The molecular formula is C31H23F2N3O4. The van der Waals surface area contributed by atoms with E-state index in [4.69, 9.17) is 10.5 Å². The first-order chi connectivity index (χ1) is 19.3. The fraction of sp³-hybridized carbons (Fsp3) is 0.129. The Labute approximate surface area is 228 Å². The lowest BCUT2D eigenvalue weighted by Crippen LogP contribution is -2.23. The second-order valence-electron chi connectivity index (χ2n) is 9.65. The highest BCUT2D eigenvalue weighted by atomic mass is 19.1. The monoisotopic (exact) mass is 539 g/mol. The number of nitrogens with one attached hydrogen (secondary N) is 1. The molecule has 2 heterocycles. The number of nitrogens with two attached hydrogens (primary N) is 1. The number of oxime groups is 1. The average Bonchev–Trinajstić information content (AvgIpc) is 3.52. The molecule has 2 atom stereocenters. The van der Waals surface area contributed by atoms with Crippen molar-refractivity contribution < 1.29 is 27.9 Å². The number of amides is 1. The van der Waals surface area contributed by atoms with Crippen LogP contribution in [0.5, 0.6) is 0 Å². The fourth-order valence-electron chi connectivity index (χ4n) is 5.12. The van der Waals surface area contributed by atoms with Crippen molar-refractivity contribution in [2.75, 3.05) is 0 Å². The van der Waals surface area contributed by atoms with Gasteiger partial charge in [-0.15, -0.1) is 0 Å². The molecule has 0 saturated heterocycles. The molecule has 2 bridgehead atoms. The van der Waals surface area contributed by atoms with Gasteiger partial charge in [0.1, 0.15) is 23.8 Å². The van der Waals surface area contributed by atoms with E-state index < -0.39 is 17.6 Å². The van der Waals surface area contributed by atoms with Crippen LogP contribution < -0.4 is 11.1 Å². The van der Waals surface area contributed by atoms with Gasteiger partial charge in [0, 0.05) is 36.2 Å². The zero-order valence-electron chi connectivity index (χ0n) is 21.3. The lowest BCUT2D eigenvalue weighted by molar-refractivity contribution is -0.140. The maximum Gasteiger partial charge on any atom is 0.332 e. The van der Waals surface area contributed by atoms with E-state index in [0.29, 0.717) is 22.3 Å². The molecule has 4 aromatic carbocycles. The summed E-state index contributed by atoms with van der Waals surface area (Å²) in [5.41, 5.74) is 12.5. The first kappa shape index (κ1) is 25.4. The van der Waals surface area contributed by atoms with Gasteiger partial charge in [-0.3, -0.25) is 4.79 Å². The van der Waals surface area contributed by atoms with Gasteiger partial charge >= 0.3 is 5.97 Å². The number of carbonyl (C=O) groups is 2. The Hall–Kier alpha value is -4.89. The third-order valence-corrected chi connectivity index (χ3v) is 7.06. The number of halogens is 2. The second-order valence-corrected chi connectivity index (χ2v) is 9.65. The third-order valence-electron chi connectivity index (χ3n) is 7.06. The number of fused-ring (bicyclic) bond motifs is 8. The molecule has 2 aliphatic rings. The van der Waals surface area contributed by atoms with Crippen LogP contribution in [0.25, 0.3) is 11.1 Å². The highest BCUT2D eigenvalue weighted by molar-refractivity contribution is 5.97. The third kappa shape index (κ3) is 4.60. The molecule has 0 aromatic heterocycles. The van der Waals surface area contributed by atoms with Crippen molar-refractivity contribution in [1.29, 1.82) is 0 Å². The first-order valence-electron chi connectivity index (χ1n) is 12.6. The smallest absolute Gasteiger partial charge is 0.332 e. The van der Waals surface area contributed by atoms with Crippen LogP contribution in [0.4, 0.5) is 8.78 Å². The molecule has 4 aromatic rings. The molecule has 0 spiro atoms. The minimum absolute atomic E-state index is 0.0666. The summed E-state index contributed by atoms with van der Waals surface area (Å²) in [6.45, 7) is 1.52. The summed E-state index contributed by atoms with van der Waals surface area (Å²) in [6, 6.07) is 21.7. The topological polar surface area (TPSA) is 103 Å². The summed E-state index contributed by atoms with van der Waals surface area (Å²) < 4.78 is 34.1. The predicted octanol–water partition coefficient (Wildman–Crippen LogP) is 5.27. The van der Waals surface area contributed by atoms with E-state index in [0.717, 1.165) is 33.9 Å². The Kier molecular flexibility index (Phi) is 6.36. The lowest BCUT2D eigenvalue weighted by atomic mass is 9.83. The maximum atomic E-state index is 14.4. The standard InChI is InChI=1S/C31H23F2N3O4/c1-16(37)40-36-30(34)18-4-2-17(3-5-18)15-35-31(38)20-7-10-24-26(13-20)29-25-12-19(6-9-23(25)28(24)39-29)22-11-8-21(32)14-27(22)33/h2-14,28-29H,15H2,1H3,(H2,34,36)(H,35,38)/t28-,29+/m0/s1. The number of amidine groups is 1. The van der Waals surface area contributed by atoms with Crippen LogP contribution in [0.15, 0.2) is 84.0 Å². The molecule has 9 heteroatoms. The zero-order valence-corrected chi connectivity index (χ0v) is 21.3. The molecule has 0 radical (unpaired) electrons. The Morgan fingerprint density at radius 3 is 2.27 bits per heavy atom. The minimum atomic E-state index is -0.628. The van der Waals surface area contributed by atoms with Crippen LogP contribution in [0, 0.1) is 11.6 Å². The maximum absolute atomic E-state index is 14.4. The van der Waals surface area contributed by atoms with Crippen LogP contribution in [0.3, 0.4) is 0 Å². The Bertz CT molecular complexity index is 1700. The van der Waals surface area contributed by atoms with Crippen molar-refractivity contribution in [3.63, 3.8) is 0 Å². The van der Waals surface area contributed by atoms with E-state index in [1.165, 1.54) is 19.1 Å². The molecule has 1 amide bonds. The van der Waals surface area contributed by atoms with Crippen molar-refractivity contribution >= 4 is 17.7 Å². The van der Waals surface area contributed by atoms with Crippen LogP contribution in [0.2, 0.25) is 0 Å². The van der Waals surface area contributed by atoms with E-state index >= 15 is 0 Å². The molecule has 2 aliphatic heterocycles. The van der Waals surface area contributed by atoms with Gasteiger partial charge in [-0.2, -0.15) is 0 Å². The summed E-state index contributed by atoms with van der Waals surface area (Å²) in [4.78, 5) is 28.4. The first-order valence-corrected chi connectivity index (χ1v) is 12.6. The normalized spacial score (nSPS) is 16.8. The molecule has 0 unspecified atom stereocenters. The highest BCUT2D eigenvalue weighted by Gasteiger charge is 2.43. The predicted molar refractivity (Wildman–Crippen MR) is 143 cm³/mol. The van der Waals surface area contributed by atoms with Gasteiger partial charge < -0.3 is 20.6 Å². The number of benzene rings is 4. The molecule has 7 nitrogen and oxygen atoms in total. The molecule has 200 valence electrons. The van der Waals surface area contributed by atoms with Crippen LogP contribution in [0.1, 0.15) is 62.9 Å². The van der Waals surface area contributed by atoms with Gasteiger partial charge in [-0.05, 0) is 63.7 Å². The van der Waals surface area contributed by atoms with Gasteiger partial charge in [-0.25, -0.2) is 13.6 Å². The number of rotatable bonds is 6. The largest absolute Gasteiger partial charge is 0.380 e. The quantitative estimate of drug-likeness (QED) is 0.150. The van der Waals surface area contributed by atoms with E-state index in [-0.39, 0.29) is 30.5 Å². The van der Waals surface area contributed by atoms with Gasteiger partial charge in [0.2, 0.25) is 0 Å². The molecule has 0 aliphatic carbocycles. The highest BCUT2D eigenvalue weighted by Crippen LogP contribution is 2.54. The second kappa shape index (κ2) is 10.0. The van der Waals surface area contributed by atoms with Crippen molar-refractivity contribution in [2.24, 2.45) is 10.9 Å². The Balaban J connectivity index is 1.17. The SMILES string of the molecule is CC(=O)ON=C(N)c1ccc(CNC(=O)c2ccc3c(c2)[C@@H]2O[C@H]3c3ccc(-c4ccc(F)cc4F)cc32)cc1. The summed E-state index contributed by atoms with van der Waals surface area (Å²) >= 11 is 0. The molecular weight excluding hydrogens is 516 g/mol. The number of ether oxygens (including phenoxy) is 1. The number of hydrogen-bond donors (Lipinski definition) is 2. The van der Waals surface area contributed by atoms with E-state index in [1.807, 2.05) is 30.3 Å². The Morgan fingerprint density at radius 1 is 0.875 bits per heavy atom. The van der Waals surface area contributed by atoms with Crippen molar-refractivity contribution in [3.8, 4) is 11.1 Å². The number of hydrogen-bond acceptors (Lipinski definition) is 5. The molecule has 6 rings (SSSR count). The summed E-state index contributed by atoms with van der Waals surface area (Å²) in [5.74, 6) is -2.00. The van der Waals surface area contributed by atoms with Gasteiger partial charge in [0.15, 0.2) is 5.84 Å². The van der Waals surface area contributed by atoms with E-state index in [1.54, 1.807) is 30.3 Å². The molecule has 3 N–H and O–H groups in total. The van der Waals surface area contributed by atoms with Crippen molar-refractivity contribution in [2.45, 2.75) is 25.7 Å². The molecule has 0 fully saturated rings. The summed E-state index contributed by atoms with van der Waals surface area (Å²) in [5, 5.41) is 6.47. The van der Waals surface area contributed by atoms with E-state index in [9.17, 15) is 18.4 Å². The van der Waals surface area contributed by atoms with Gasteiger partial charge in [-0.1, -0.05) is 47.6 Å². The van der Waals surface area contributed by atoms with Crippen molar-refractivity contribution in [3.05, 3.63) is 129 Å². The van der Waals surface area contributed by atoms with Crippen LogP contribution in [-0.2, 0) is 20.9 Å². The molecule has 0 saturated carbocycles.